The van der Waals surface area contributed by atoms with Crippen LogP contribution < -0.4 is 5.32 Å². The molecule has 0 radical (unpaired) electrons. The van der Waals surface area contributed by atoms with E-state index in [9.17, 15) is 32.9 Å². The Hall–Kier alpha value is -3.14. The van der Waals surface area contributed by atoms with Crippen LogP contribution in [0.25, 0.3) is 0 Å². The summed E-state index contributed by atoms with van der Waals surface area (Å²) < 4.78 is 38.9. The standard InChI is InChI=1S/C17H13ClF3N3O4/c1-23(16(26)11-7-6-10(24(27)28)8-13(11)18)9-15(25)22-14-5-3-2-4-12(14)17(19,20)21/h2-8H,9H2,1H3,(H,22,25). The van der Waals surface area contributed by atoms with Gasteiger partial charge in [-0.3, -0.25) is 19.7 Å². The maximum Gasteiger partial charge on any atom is 0.418 e. The van der Waals surface area contributed by atoms with Gasteiger partial charge < -0.3 is 10.2 Å². The minimum Gasteiger partial charge on any atom is -0.332 e. The minimum atomic E-state index is -4.65. The fraction of sp³-hybridized carbons (Fsp3) is 0.176. The second kappa shape index (κ2) is 8.26. The first-order chi connectivity index (χ1) is 13.0. The maximum absolute atomic E-state index is 13.0. The number of nitrogens with one attached hydrogen (secondary N) is 1. The summed E-state index contributed by atoms with van der Waals surface area (Å²) in [6, 6.07) is 7.63. The summed E-state index contributed by atoms with van der Waals surface area (Å²) in [6.45, 7) is -0.557. The first kappa shape index (κ1) is 21.2. The number of amides is 2. The van der Waals surface area contributed by atoms with Gasteiger partial charge in [-0.15, -0.1) is 0 Å². The van der Waals surface area contributed by atoms with E-state index in [0.717, 1.165) is 35.2 Å². The summed E-state index contributed by atoms with van der Waals surface area (Å²) in [5, 5.41) is 12.6. The number of rotatable bonds is 5. The highest BCUT2D eigenvalue weighted by Gasteiger charge is 2.33. The molecule has 0 saturated carbocycles. The molecule has 0 aliphatic carbocycles. The molecule has 0 heterocycles. The lowest BCUT2D eigenvalue weighted by atomic mass is 10.1. The first-order valence-corrected chi connectivity index (χ1v) is 8.04. The van der Waals surface area contributed by atoms with Crippen LogP contribution in [-0.4, -0.2) is 35.2 Å². The number of halogens is 4. The number of nitro benzene ring substituents is 1. The molecule has 0 bridgehead atoms. The van der Waals surface area contributed by atoms with E-state index in [4.69, 9.17) is 11.6 Å². The molecule has 148 valence electrons. The Morgan fingerprint density at radius 1 is 1.21 bits per heavy atom. The van der Waals surface area contributed by atoms with Gasteiger partial charge in [-0.05, 0) is 18.2 Å². The number of nitro groups is 1. The third-order valence-corrected chi connectivity index (χ3v) is 3.94. The molecule has 2 aromatic carbocycles. The summed E-state index contributed by atoms with van der Waals surface area (Å²) in [6.07, 6.45) is -4.65. The number of likely N-dealkylation sites (N-methyl/N-ethyl adjacent to an activating group) is 1. The lowest BCUT2D eigenvalue weighted by Crippen LogP contribution is -2.35. The number of carbonyl (C=O) groups excluding carboxylic acids is 2. The highest BCUT2D eigenvalue weighted by atomic mass is 35.5. The van der Waals surface area contributed by atoms with Crippen molar-refractivity contribution in [3.8, 4) is 0 Å². The van der Waals surface area contributed by atoms with Crippen molar-refractivity contribution in [1.29, 1.82) is 0 Å². The zero-order chi connectivity index (χ0) is 21.1. The van der Waals surface area contributed by atoms with Crippen molar-refractivity contribution in [2.45, 2.75) is 6.18 Å². The van der Waals surface area contributed by atoms with Gasteiger partial charge in [0.25, 0.3) is 11.6 Å². The molecule has 0 aromatic heterocycles. The molecule has 0 fully saturated rings. The van der Waals surface area contributed by atoms with Gasteiger partial charge in [-0.1, -0.05) is 23.7 Å². The monoisotopic (exact) mass is 415 g/mol. The van der Waals surface area contributed by atoms with Gasteiger partial charge in [0.1, 0.15) is 0 Å². The molecule has 0 atom stereocenters. The molecule has 1 N–H and O–H groups in total. The average molecular weight is 416 g/mol. The molecule has 11 heteroatoms. The van der Waals surface area contributed by atoms with Crippen LogP contribution in [0, 0.1) is 10.1 Å². The van der Waals surface area contributed by atoms with Crippen LogP contribution in [0.1, 0.15) is 15.9 Å². The zero-order valence-corrected chi connectivity index (χ0v) is 15.0. The third-order valence-electron chi connectivity index (χ3n) is 3.63. The van der Waals surface area contributed by atoms with E-state index in [-0.39, 0.29) is 16.3 Å². The van der Waals surface area contributed by atoms with Crippen LogP contribution in [0.2, 0.25) is 5.02 Å². The molecule has 28 heavy (non-hydrogen) atoms. The molecular formula is C17H13ClF3N3O4. The van der Waals surface area contributed by atoms with Crippen LogP contribution in [-0.2, 0) is 11.0 Å². The van der Waals surface area contributed by atoms with Gasteiger partial charge in [0.05, 0.1) is 33.3 Å². The molecule has 2 rings (SSSR count). The largest absolute Gasteiger partial charge is 0.418 e. The zero-order valence-electron chi connectivity index (χ0n) is 14.3. The molecule has 2 aromatic rings. The number of nitrogens with zero attached hydrogens (tertiary/aromatic N) is 2. The molecule has 0 aliphatic heterocycles. The average Bonchev–Trinajstić information content (AvgIpc) is 2.60. The topological polar surface area (TPSA) is 92.6 Å². The fourth-order valence-corrected chi connectivity index (χ4v) is 2.57. The van der Waals surface area contributed by atoms with Gasteiger partial charge in [-0.2, -0.15) is 13.2 Å². The molecule has 0 unspecified atom stereocenters. The lowest BCUT2D eigenvalue weighted by molar-refractivity contribution is -0.384. The van der Waals surface area contributed by atoms with E-state index in [0.29, 0.717) is 0 Å². The fourth-order valence-electron chi connectivity index (χ4n) is 2.31. The van der Waals surface area contributed by atoms with E-state index < -0.39 is 40.7 Å². The van der Waals surface area contributed by atoms with Gasteiger partial charge in [0.15, 0.2) is 0 Å². The molecule has 0 spiro atoms. The Morgan fingerprint density at radius 3 is 2.43 bits per heavy atom. The van der Waals surface area contributed by atoms with Crippen molar-refractivity contribution in [3.05, 3.63) is 68.7 Å². The quantitative estimate of drug-likeness (QED) is 0.590. The van der Waals surface area contributed by atoms with Crippen LogP contribution in [0.3, 0.4) is 0 Å². The summed E-state index contributed by atoms with van der Waals surface area (Å²) >= 11 is 5.87. The molecular weight excluding hydrogens is 403 g/mol. The summed E-state index contributed by atoms with van der Waals surface area (Å²) in [4.78, 5) is 35.4. The number of anilines is 1. The molecule has 0 saturated heterocycles. The van der Waals surface area contributed by atoms with Crippen LogP contribution in [0.4, 0.5) is 24.5 Å². The number of non-ortho nitro benzene ring substituents is 1. The second-order valence-corrected chi connectivity index (χ2v) is 6.08. The number of hydrogen-bond acceptors (Lipinski definition) is 4. The Labute approximate surface area is 161 Å². The van der Waals surface area contributed by atoms with Crippen molar-refractivity contribution in [3.63, 3.8) is 0 Å². The number of hydrogen-bond donors (Lipinski definition) is 1. The van der Waals surface area contributed by atoms with Gasteiger partial charge >= 0.3 is 6.18 Å². The maximum atomic E-state index is 13.0. The molecule has 2 amide bonds. The molecule has 7 nitrogen and oxygen atoms in total. The van der Waals surface area contributed by atoms with Crippen LogP contribution >= 0.6 is 11.6 Å². The summed E-state index contributed by atoms with van der Waals surface area (Å²) in [7, 11) is 1.25. The van der Waals surface area contributed by atoms with E-state index in [1.165, 1.54) is 19.2 Å². The van der Waals surface area contributed by atoms with E-state index in [1.54, 1.807) is 0 Å². The Balaban J connectivity index is 2.11. The van der Waals surface area contributed by atoms with Crippen LogP contribution in [0.15, 0.2) is 42.5 Å². The number of benzene rings is 2. The van der Waals surface area contributed by atoms with Crippen molar-refractivity contribution >= 4 is 34.8 Å². The van der Waals surface area contributed by atoms with Crippen molar-refractivity contribution < 1.29 is 27.7 Å². The Bertz CT molecular complexity index is 934. The minimum absolute atomic E-state index is 0.0849. The first-order valence-electron chi connectivity index (χ1n) is 7.66. The number of para-hydroxylation sites is 1. The smallest absolute Gasteiger partial charge is 0.332 e. The summed E-state index contributed by atoms with van der Waals surface area (Å²) in [5.41, 5.74) is -1.85. The Kier molecular flexibility index (Phi) is 6.24. The third kappa shape index (κ3) is 4.97. The van der Waals surface area contributed by atoms with Crippen LogP contribution in [0.5, 0.6) is 0 Å². The molecule has 0 aliphatic rings. The SMILES string of the molecule is CN(CC(=O)Nc1ccccc1C(F)(F)F)C(=O)c1ccc([N+](=O)[O-])cc1Cl. The van der Waals surface area contributed by atoms with Crippen molar-refractivity contribution in [2.24, 2.45) is 0 Å². The van der Waals surface area contributed by atoms with E-state index in [1.807, 2.05) is 0 Å². The number of carbonyl (C=O) groups is 2. The van der Waals surface area contributed by atoms with Gasteiger partial charge in [0, 0.05) is 19.2 Å². The predicted octanol–water partition coefficient (Wildman–Crippen LogP) is 3.98. The van der Waals surface area contributed by atoms with Crippen molar-refractivity contribution in [1.82, 2.24) is 4.90 Å². The number of alkyl halides is 3. The van der Waals surface area contributed by atoms with E-state index in [2.05, 4.69) is 5.32 Å². The van der Waals surface area contributed by atoms with Gasteiger partial charge in [0.2, 0.25) is 5.91 Å². The Morgan fingerprint density at radius 2 is 1.86 bits per heavy atom. The predicted molar refractivity (Wildman–Crippen MR) is 95.1 cm³/mol. The normalized spacial score (nSPS) is 11.0. The van der Waals surface area contributed by atoms with Crippen molar-refractivity contribution in [2.75, 3.05) is 18.9 Å². The van der Waals surface area contributed by atoms with Gasteiger partial charge in [-0.25, -0.2) is 0 Å². The summed E-state index contributed by atoms with van der Waals surface area (Å²) in [5.74, 6) is -1.58. The van der Waals surface area contributed by atoms with E-state index >= 15 is 0 Å². The second-order valence-electron chi connectivity index (χ2n) is 5.67. The highest BCUT2D eigenvalue weighted by molar-refractivity contribution is 6.34. The highest BCUT2D eigenvalue weighted by Crippen LogP contribution is 2.34. The lowest BCUT2D eigenvalue weighted by Gasteiger charge is -2.19.